The summed E-state index contributed by atoms with van der Waals surface area (Å²) in [5.41, 5.74) is 1.42. The Morgan fingerprint density at radius 2 is 1.97 bits per heavy atom. The highest BCUT2D eigenvalue weighted by Gasteiger charge is 2.52. The van der Waals surface area contributed by atoms with E-state index in [0.717, 1.165) is 11.1 Å². The molecule has 3 rings (SSSR count). The lowest BCUT2D eigenvalue weighted by Crippen LogP contribution is -2.63. The highest BCUT2D eigenvalue weighted by atomic mass is 19.3. The Morgan fingerprint density at radius 1 is 1.28 bits per heavy atom. The second-order valence-corrected chi connectivity index (χ2v) is 7.42. The Hall–Kier alpha value is -3.21. The summed E-state index contributed by atoms with van der Waals surface area (Å²) >= 11 is 0. The molecule has 6 nitrogen and oxygen atoms in total. The number of alkyl halides is 2. The molecule has 0 atom stereocenters. The Labute approximate surface area is 168 Å². The number of hydrogen-bond acceptors (Lipinski definition) is 5. The van der Waals surface area contributed by atoms with Gasteiger partial charge in [0.2, 0.25) is 11.8 Å². The molecule has 0 radical (unpaired) electrons. The predicted molar refractivity (Wildman–Crippen MR) is 104 cm³/mol. The summed E-state index contributed by atoms with van der Waals surface area (Å²) < 4.78 is 30.0. The van der Waals surface area contributed by atoms with Crippen LogP contribution < -0.4 is 10.1 Å². The van der Waals surface area contributed by atoms with E-state index in [0.29, 0.717) is 5.69 Å². The minimum Gasteiger partial charge on any atom is -0.415 e. The number of benzene rings is 1. The molecule has 0 bridgehead atoms. The summed E-state index contributed by atoms with van der Waals surface area (Å²) in [5.74, 6) is -0.551. The number of aryl methyl sites for hydroxylation is 1. The van der Waals surface area contributed by atoms with Crippen LogP contribution in [0.3, 0.4) is 0 Å². The van der Waals surface area contributed by atoms with E-state index in [9.17, 15) is 18.8 Å². The van der Waals surface area contributed by atoms with E-state index in [2.05, 4.69) is 21.2 Å². The number of ether oxygens (including phenoxy) is 1. The first-order valence-corrected chi connectivity index (χ1v) is 9.25. The second kappa shape index (κ2) is 8.03. The van der Waals surface area contributed by atoms with Gasteiger partial charge < -0.3 is 15.0 Å². The maximum atomic E-state index is 13.4. The Morgan fingerprint density at radius 3 is 2.59 bits per heavy atom. The van der Waals surface area contributed by atoms with Gasteiger partial charge in [0.25, 0.3) is 0 Å². The van der Waals surface area contributed by atoms with Crippen molar-refractivity contribution in [2.24, 2.45) is 0 Å². The average Bonchev–Trinajstić information content (AvgIpc) is 2.63. The predicted octanol–water partition coefficient (Wildman–Crippen LogP) is 3.79. The molecule has 1 aromatic heterocycles. The monoisotopic (exact) mass is 400 g/mol. The van der Waals surface area contributed by atoms with Crippen LogP contribution in [0.25, 0.3) is 0 Å². The van der Waals surface area contributed by atoms with Crippen molar-refractivity contribution in [3.05, 3.63) is 53.2 Å². The van der Waals surface area contributed by atoms with Crippen molar-refractivity contribution in [1.29, 1.82) is 5.26 Å². The van der Waals surface area contributed by atoms with Crippen LogP contribution in [-0.4, -0.2) is 35.5 Å². The molecule has 2 heterocycles. The number of hydrogen-bond donors (Lipinski definition) is 1. The Kier molecular flexibility index (Phi) is 5.69. The number of pyridine rings is 1. The first-order chi connectivity index (χ1) is 13.8. The number of likely N-dealkylation sites (tertiary alicyclic amines) is 1. The minimum absolute atomic E-state index is 0.0673. The van der Waals surface area contributed by atoms with E-state index >= 15 is 0 Å². The molecule has 0 spiro atoms. The standard InChI is InChI=1S/C21H22F2N4O2/c1-13(2)15-6-4-5-7-16(15)21(10-27(11-21)12-24)19(28)26-17-9-8-14(3)25-18(17)29-20(22)23/h4-9,13,20H,10-11H2,1-3H3,(H,26,28). The van der Waals surface area contributed by atoms with Crippen LogP contribution in [0.15, 0.2) is 36.4 Å². The molecule has 1 fully saturated rings. The molecular formula is C21H22F2N4O2. The number of aromatic nitrogens is 1. The molecule has 1 aliphatic heterocycles. The molecule has 152 valence electrons. The van der Waals surface area contributed by atoms with Gasteiger partial charge in [0, 0.05) is 18.8 Å². The molecule has 1 aliphatic rings. The van der Waals surface area contributed by atoms with Crippen LogP contribution in [0.1, 0.15) is 36.6 Å². The molecule has 2 aromatic rings. The van der Waals surface area contributed by atoms with Gasteiger partial charge in [-0.2, -0.15) is 14.0 Å². The van der Waals surface area contributed by atoms with Crippen molar-refractivity contribution < 1.29 is 18.3 Å². The zero-order valence-corrected chi connectivity index (χ0v) is 16.4. The van der Waals surface area contributed by atoms with Gasteiger partial charge in [-0.1, -0.05) is 38.1 Å². The quantitative estimate of drug-likeness (QED) is 0.747. The number of rotatable bonds is 6. The minimum atomic E-state index is -3.06. The summed E-state index contributed by atoms with van der Waals surface area (Å²) in [6, 6.07) is 10.7. The zero-order valence-electron chi connectivity index (χ0n) is 16.4. The molecule has 0 unspecified atom stereocenters. The molecule has 29 heavy (non-hydrogen) atoms. The van der Waals surface area contributed by atoms with Gasteiger partial charge in [-0.15, -0.1) is 0 Å². The largest absolute Gasteiger partial charge is 0.415 e. The van der Waals surface area contributed by atoms with Crippen molar-refractivity contribution in [2.45, 2.75) is 38.7 Å². The van der Waals surface area contributed by atoms with Crippen molar-refractivity contribution >= 4 is 11.6 Å². The molecule has 8 heteroatoms. The van der Waals surface area contributed by atoms with E-state index < -0.39 is 12.0 Å². The number of nitrogens with zero attached hydrogens (tertiary/aromatic N) is 3. The third-order valence-corrected chi connectivity index (χ3v) is 5.04. The molecule has 1 N–H and O–H groups in total. The van der Waals surface area contributed by atoms with Crippen molar-refractivity contribution in [2.75, 3.05) is 18.4 Å². The maximum Gasteiger partial charge on any atom is 0.388 e. The highest BCUT2D eigenvalue weighted by molar-refractivity contribution is 6.01. The zero-order chi connectivity index (χ0) is 21.2. The van der Waals surface area contributed by atoms with E-state index in [1.165, 1.54) is 11.0 Å². The number of anilines is 1. The summed E-state index contributed by atoms with van der Waals surface area (Å²) in [6.07, 6.45) is 2.06. The van der Waals surface area contributed by atoms with Gasteiger partial charge in [0.15, 0.2) is 6.19 Å². The van der Waals surface area contributed by atoms with E-state index in [-0.39, 0.29) is 36.5 Å². The Bertz CT molecular complexity index is 950. The first-order valence-electron chi connectivity index (χ1n) is 9.25. The highest BCUT2D eigenvalue weighted by Crippen LogP contribution is 2.40. The van der Waals surface area contributed by atoms with Crippen LogP contribution in [0, 0.1) is 18.4 Å². The lowest BCUT2D eigenvalue weighted by molar-refractivity contribution is -0.126. The van der Waals surface area contributed by atoms with Crippen LogP contribution in [0.2, 0.25) is 0 Å². The maximum absolute atomic E-state index is 13.4. The number of amides is 1. The fraction of sp³-hybridized carbons (Fsp3) is 0.381. The van der Waals surface area contributed by atoms with E-state index in [1.807, 2.05) is 38.1 Å². The van der Waals surface area contributed by atoms with Crippen LogP contribution in [-0.2, 0) is 10.2 Å². The molecule has 0 aliphatic carbocycles. The fourth-order valence-corrected chi connectivity index (χ4v) is 3.59. The van der Waals surface area contributed by atoms with Gasteiger partial charge in [0.05, 0.1) is 0 Å². The third kappa shape index (κ3) is 3.99. The van der Waals surface area contributed by atoms with E-state index in [1.54, 1.807) is 13.0 Å². The second-order valence-electron chi connectivity index (χ2n) is 7.42. The van der Waals surface area contributed by atoms with Gasteiger partial charge in [-0.05, 0) is 36.1 Å². The number of nitriles is 1. The fourth-order valence-electron chi connectivity index (χ4n) is 3.59. The van der Waals surface area contributed by atoms with Gasteiger partial charge in [0.1, 0.15) is 11.1 Å². The SMILES string of the molecule is Cc1ccc(NC(=O)C2(c3ccccc3C(C)C)CN(C#N)C2)c(OC(F)F)n1. The Balaban J connectivity index is 1.98. The van der Waals surface area contributed by atoms with Crippen molar-refractivity contribution in [3.63, 3.8) is 0 Å². The van der Waals surface area contributed by atoms with Crippen LogP contribution in [0.5, 0.6) is 5.88 Å². The normalized spacial score (nSPS) is 15.0. The van der Waals surface area contributed by atoms with E-state index in [4.69, 9.17) is 0 Å². The topological polar surface area (TPSA) is 78.2 Å². The summed E-state index contributed by atoms with van der Waals surface area (Å²) in [5, 5.41) is 11.9. The average molecular weight is 400 g/mol. The first kappa shape index (κ1) is 20.5. The van der Waals surface area contributed by atoms with Crippen molar-refractivity contribution in [1.82, 2.24) is 9.88 Å². The summed E-state index contributed by atoms with van der Waals surface area (Å²) in [7, 11) is 0. The number of halogens is 2. The summed E-state index contributed by atoms with van der Waals surface area (Å²) in [6.45, 7) is 3.06. The smallest absolute Gasteiger partial charge is 0.388 e. The molecular weight excluding hydrogens is 378 g/mol. The number of nitrogens with one attached hydrogen (secondary N) is 1. The lowest BCUT2D eigenvalue weighted by atomic mass is 9.70. The summed E-state index contributed by atoms with van der Waals surface area (Å²) in [4.78, 5) is 18.8. The molecule has 1 aromatic carbocycles. The number of carbonyl (C=O) groups is 1. The number of carbonyl (C=O) groups excluding carboxylic acids is 1. The molecule has 1 saturated heterocycles. The van der Waals surface area contributed by atoms with Gasteiger partial charge in [-0.3, -0.25) is 4.79 Å². The molecule has 1 amide bonds. The van der Waals surface area contributed by atoms with Crippen molar-refractivity contribution in [3.8, 4) is 12.1 Å². The van der Waals surface area contributed by atoms with Gasteiger partial charge >= 0.3 is 6.61 Å². The van der Waals surface area contributed by atoms with Gasteiger partial charge in [-0.25, -0.2) is 4.98 Å². The van der Waals surface area contributed by atoms with Crippen LogP contribution >= 0.6 is 0 Å². The third-order valence-electron chi connectivity index (χ3n) is 5.04. The molecule has 0 saturated carbocycles. The lowest BCUT2D eigenvalue weighted by Gasteiger charge is -2.47. The van der Waals surface area contributed by atoms with Crippen LogP contribution in [0.4, 0.5) is 14.5 Å².